The van der Waals surface area contributed by atoms with Crippen LogP contribution in [0.3, 0.4) is 0 Å². The van der Waals surface area contributed by atoms with E-state index in [2.05, 4.69) is 28.1 Å². The quantitative estimate of drug-likeness (QED) is 0.806. The molecule has 0 aromatic carbocycles. The summed E-state index contributed by atoms with van der Waals surface area (Å²) in [5.41, 5.74) is 1.71. The monoisotopic (exact) mass is 271 g/mol. The summed E-state index contributed by atoms with van der Waals surface area (Å²) in [4.78, 5) is 18.0. The molecule has 0 radical (unpaired) electrons. The second kappa shape index (κ2) is 5.37. The molecule has 1 saturated heterocycles. The van der Waals surface area contributed by atoms with Crippen LogP contribution in [0.1, 0.15) is 48.8 Å². The maximum absolute atomic E-state index is 10.8. The minimum Gasteiger partial charge on any atom is -0.303 e. The van der Waals surface area contributed by atoms with Crippen molar-refractivity contribution in [2.75, 3.05) is 13.1 Å². The first kappa shape index (κ1) is 13.3. The Bertz CT molecular complexity index is 617. The van der Waals surface area contributed by atoms with Crippen molar-refractivity contribution < 1.29 is 4.79 Å². The molecule has 0 amide bonds. The highest BCUT2D eigenvalue weighted by atomic mass is 16.1. The first-order valence-corrected chi connectivity index (χ1v) is 7.35. The number of carbonyl (C=O) groups is 1. The van der Waals surface area contributed by atoms with Gasteiger partial charge in [-0.25, -0.2) is 4.98 Å². The first-order valence-electron chi connectivity index (χ1n) is 7.35. The van der Waals surface area contributed by atoms with Crippen LogP contribution < -0.4 is 0 Å². The number of hydrogen-bond acceptors (Lipinski definition) is 3. The minimum atomic E-state index is 0.482. The van der Waals surface area contributed by atoms with Gasteiger partial charge in [-0.2, -0.15) is 0 Å². The zero-order valence-electron chi connectivity index (χ0n) is 12.1. The van der Waals surface area contributed by atoms with Crippen molar-refractivity contribution in [3.05, 3.63) is 35.9 Å². The highest BCUT2D eigenvalue weighted by molar-refractivity contribution is 5.77. The van der Waals surface area contributed by atoms with Crippen LogP contribution in [0.5, 0.6) is 0 Å². The van der Waals surface area contributed by atoms with Gasteiger partial charge in [-0.1, -0.05) is 0 Å². The fourth-order valence-corrected chi connectivity index (χ4v) is 3.10. The smallest absolute Gasteiger partial charge is 0.150 e. The Kier molecular flexibility index (Phi) is 3.57. The lowest BCUT2D eigenvalue weighted by atomic mass is 9.96. The summed E-state index contributed by atoms with van der Waals surface area (Å²) in [6.07, 6.45) is 7.14. The van der Waals surface area contributed by atoms with E-state index in [9.17, 15) is 4.79 Å². The minimum absolute atomic E-state index is 0.482. The number of aromatic nitrogens is 2. The molecular formula is C16H21N3O. The molecule has 106 valence electrons. The Labute approximate surface area is 119 Å². The molecule has 3 heterocycles. The van der Waals surface area contributed by atoms with Crippen molar-refractivity contribution in [2.24, 2.45) is 0 Å². The average Bonchev–Trinajstić information content (AvgIpc) is 2.90. The fourth-order valence-electron chi connectivity index (χ4n) is 3.10. The Hall–Kier alpha value is -1.68. The lowest BCUT2D eigenvalue weighted by Crippen LogP contribution is -2.39. The van der Waals surface area contributed by atoms with E-state index in [1.165, 1.54) is 19.4 Å². The maximum atomic E-state index is 10.8. The van der Waals surface area contributed by atoms with Crippen molar-refractivity contribution in [2.45, 2.75) is 38.6 Å². The van der Waals surface area contributed by atoms with Crippen LogP contribution in [0, 0.1) is 0 Å². The summed E-state index contributed by atoms with van der Waals surface area (Å²) in [6.45, 7) is 6.77. The number of hydrogen-bond donors (Lipinski definition) is 0. The maximum Gasteiger partial charge on any atom is 0.150 e. The molecule has 1 unspecified atom stereocenters. The van der Waals surface area contributed by atoms with Gasteiger partial charge in [0.05, 0.1) is 11.7 Å². The summed E-state index contributed by atoms with van der Waals surface area (Å²) in [6, 6.07) is 4.34. The summed E-state index contributed by atoms with van der Waals surface area (Å²) in [5.74, 6) is 1.61. The average molecular weight is 271 g/mol. The molecule has 0 N–H and O–H groups in total. The highest BCUT2D eigenvalue weighted by Crippen LogP contribution is 2.27. The molecule has 1 atom stereocenters. The van der Waals surface area contributed by atoms with E-state index in [-0.39, 0.29) is 0 Å². The van der Waals surface area contributed by atoms with Gasteiger partial charge < -0.3 is 9.30 Å². The van der Waals surface area contributed by atoms with Gasteiger partial charge in [-0.3, -0.25) is 4.79 Å². The van der Waals surface area contributed by atoms with Gasteiger partial charge in [-0.05, 0) is 45.4 Å². The van der Waals surface area contributed by atoms with E-state index in [0.29, 0.717) is 17.5 Å². The van der Waals surface area contributed by atoms with E-state index in [0.717, 1.165) is 24.2 Å². The molecule has 0 spiro atoms. The van der Waals surface area contributed by atoms with Crippen LogP contribution >= 0.6 is 0 Å². The van der Waals surface area contributed by atoms with Crippen LogP contribution in [0.2, 0.25) is 0 Å². The number of rotatable bonds is 3. The van der Waals surface area contributed by atoms with Crippen LogP contribution in [-0.2, 0) is 0 Å². The standard InChI is InChI=1S/C16H21N3O/c1-12(2)18-6-3-4-14(10-18)16-17-9-15-8-13(11-20)5-7-19(15)16/h5,7-9,11-12,14H,3-4,6,10H2,1-2H3. The van der Waals surface area contributed by atoms with Gasteiger partial charge in [0.1, 0.15) is 12.1 Å². The van der Waals surface area contributed by atoms with Crippen molar-refractivity contribution in [1.82, 2.24) is 14.3 Å². The number of fused-ring (bicyclic) bond motifs is 1. The van der Waals surface area contributed by atoms with Gasteiger partial charge in [-0.15, -0.1) is 0 Å². The molecule has 1 fully saturated rings. The van der Waals surface area contributed by atoms with Gasteiger partial charge in [0.15, 0.2) is 0 Å². The number of aldehydes is 1. The van der Waals surface area contributed by atoms with Gasteiger partial charge in [0.2, 0.25) is 0 Å². The Morgan fingerprint density at radius 1 is 1.45 bits per heavy atom. The van der Waals surface area contributed by atoms with E-state index < -0.39 is 0 Å². The topological polar surface area (TPSA) is 37.6 Å². The predicted molar refractivity (Wildman–Crippen MR) is 79.3 cm³/mol. The van der Waals surface area contributed by atoms with Crippen molar-refractivity contribution in [3.63, 3.8) is 0 Å². The third kappa shape index (κ3) is 2.36. The second-order valence-corrected chi connectivity index (χ2v) is 5.92. The zero-order chi connectivity index (χ0) is 14.1. The molecule has 2 aromatic heterocycles. The summed E-state index contributed by atoms with van der Waals surface area (Å²) >= 11 is 0. The van der Waals surface area contributed by atoms with E-state index in [1.54, 1.807) is 0 Å². The summed E-state index contributed by atoms with van der Waals surface area (Å²) in [7, 11) is 0. The molecule has 1 aliphatic rings. The Morgan fingerprint density at radius 2 is 2.30 bits per heavy atom. The van der Waals surface area contributed by atoms with Crippen LogP contribution in [0.25, 0.3) is 5.52 Å². The van der Waals surface area contributed by atoms with E-state index >= 15 is 0 Å². The van der Waals surface area contributed by atoms with Gasteiger partial charge in [0, 0.05) is 30.3 Å². The van der Waals surface area contributed by atoms with Crippen molar-refractivity contribution in [1.29, 1.82) is 0 Å². The third-order valence-corrected chi connectivity index (χ3v) is 4.27. The number of imidazole rings is 1. The third-order valence-electron chi connectivity index (χ3n) is 4.27. The molecule has 4 heteroatoms. The fraction of sp³-hybridized carbons (Fsp3) is 0.500. The van der Waals surface area contributed by atoms with Crippen LogP contribution in [-0.4, -0.2) is 39.7 Å². The zero-order valence-corrected chi connectivity index (χ0v) is 12.1. The lowest BCUT2D eigenvalue weighted by Gasteiger charge is -2.34. The van der Waals surface area contributed by atoms with Crippen molar-refractivity contribution in [3.8, 4) is 0 Å². The van der Waals surface area contributed by atoms with Crippen LogP contribution in [0.4, 0.5) is 0 Å². The SMILES string of the molecule is CC(C)N1CCCC(c2ncc3cc(C=O)ccn23)C1. The Morgan fingerprint density at radius 3 is 3.05 bits per heavy atom. The van der Waals surface area contributed by atoms with Crippen LogP contribution in [0.15, 0.2) is 24.5 Å². The predicted octanol–water partition coefficient (Wildman–Crippen LogP) is 2.73. The summed E-state index contributed by atoms with van der Waals surface area (Å²) in [5, 5.41) is 0. The van der Waals surface area contributed by atoms with Crippen molar-refractivity contribution >= 4 is 11.8 Å². The van der Waals surface area contributed by atoms with E-state index in [1.807, 2.05) is 24.5 Å². The number of carbonyl (C=O) groups excluding carboxylic acids is 1. The lowest BCUT2D eigenvalue weighted by molar-refractivity contribution is 0.112. The molecule has 20 heavy (non-hydrogen) atoms. The molecule has 1 aliphatic heterocycles. The largest absolute Gasteiger partial charge is 0.303 e. The number of piperidine rings is 1. The first-order chi connectivity index (χ1) is 9.69. The molecule has 0 saturated carbocycles. The molecule has 4 nitrogen and oxygen atoms in total. The van der Waals surface area contributed by atoms with Gasteiger partial charge in [0.25, 0.3) is 0 Å². The molecule has 2 aromatic rings. The second-order valence-electron chi connectivity index (χ2n) is 5.92. The normalized spacial score (nSPS) is 20.6. The number of likely N-dealkylation sites (tertiary alicyclic amines) is 1. The molecule has 0 aliphatic carbocycles. The highest BCUT2D eigenvalue weighted by Gasteiger charge is 2.25. The van der Waals surface area contributed by atoms with Gasteiger partial charge >= 0.3 is 0 Å². The van der Waals surface area contributed by atoms with E-state index in [4.69, 9.17) is 0 Å². The number of nitrogens with zero attached hydrogens (tertiary/aromatic N) is 3. The number of pyridine rings is 1. The molecule has 0 bridgehead atoms. The summed E-state index contributed by atoms with van der Waals surface area (Å²) < 4.78 is 2.13. The Balaban J connectivity index is 1.92. The molecule has 3 rings (SSSR count). The molecular weight excluding hydrogens is 250 g/mol.